The molecule has 0 saturated carbocycles. The summed E-state index contributed by atoms with van der Waals surface area (Å²) in [6.45, 7) is 3.91. The lowest BCUT2D eigenvalue weighted by Crippen LogP contribution is -2.24. The molecule has 1 fully saturated rings. The molecular formula is C13H17NO3S. The van der Waals surface area contributed by atoms with Crippen LogP contribution in [0.15, 0.2) is 18.2 Å². The summed E-state index contributed by atoms with van der Waals surface area (Å²) in [5, 5.41) is 2.81. The summed E-state index contributed by atoms with van der Waals surface area (Å²) in [6, 6.07) is 5.76. The monoisotopic (exact) mass is 267 g/mol. The Labute approximate surface area is 107 Å². The third-order valence-corrected chi connectivity index (χ3v) is 5.01. The maximum Gasteiger partial charge on any atom is 0.228 e. The van der Waals surface area contributed by atoms with E-state index in [-0.39, 0.29) is 17.4 Å². The Hall–Kier alpha value is -1.36. The third-order valence-electron chi connectivity index (χ3n) is 3.24. The molecule has 2 rings (SSSR count). The van der Waals surface area contributed by atoms with Crippen LogP contribution in [-0.4, -0.2) is 25.8 Å². The molecule has 0 spiro atoms. The van der Waals surface area contributed by atoms with Crippen molar-refractivity contribution in [2.45, 2.75) is 20.3 Å². The van der Waals surface area contributed by atoms with Gasteiger partial charge in [-0.3, -0.25) is 4.79 Å². The highest BCUT2D eigenvalue weighted by Crippen LogP contribution is 2.22. The lowest BCUT2D eigenvalue weighted by atomic mass is 10.1. The van der Waals surface area contributed by atoms with E-state index in [1.165, 1.54) is 0 Å². The molecule has 1 atom stereocenters. The van der Waals surface area contributed by atoms with Gasteiger partial charge in [-0.15, -0.1) is 0 Å². The Morgan fingerprint density at radius 1 is 1.33 bits per heavy atom. The van der Waals surface area contributed by atoms with Crippen LogP contribution in [0.2, 0.25) is 0 Å². The lowest BCUT2D eigenvalue weighted by Gasteiger charge is -2.12. The molecule has 1 heterocycles. The second kappa shape index (κ2) is 4.72. The first kappa shape index (κ1) is 13.1. The number of sulfone groups is 1. The van der Waals surface area contributed by atoms with Gasteiger partial charge in [0.1, 0.15) is 0 Å². The quantitative estimate of drug-likeness (QED) is 0.886. The van der Waals surface area contributed by atoms with Crippen molar-refractivity contribution < 1.29 is 13.2 Å². The van der Waals surface area contributed by atoms with E-state index in [4.69, 9.17) is 0 Å². The molecule has 98 valence electrons. The fourth-order valence-electron chi connectivity index (χ4n) is 2.19. The molecule has 1 saturated heterocycles. The van der Waals surface area contributed by atoms with Gasteiger partial charge in [0.05, 0.1) is 17.4 Å². The molecule has 4 nitrogen and oxygen atoms in total. The van der Waals surface area contributed by atoms with E-state index >= 15 is 0 Å². The van der Waals surface area contributed by atoms with Crippen LogP contribution in [-0.2, 0) is 14.6 Å². The van der Waals surface area contributed by atoms with Crippen molar-refractivity contribution >= 4 is 21.4 Å². The van der Waals surface area contributed by atoms with Crippen LogP contribution >= 0.6 is 0 Å². The lowest BCUT2D eigenvalue weighted by molar-refractivity contribution is -0.119. The highest BCUT2D eigenvalue weighted by atomic mass is 32.2. The molecule has 5 heteroatoms. The zero-order valence-corrected chi connectivity index (χ0v) is 11.4. The molecule has 1 aromatic carbocycles. The van der Waals surface area contributed by atoms with Crippen molar-refractivity contribution in [3.63, 3.8) is 0 Å². The molecule has 18 heavy (non-hydrogen) atoms. The molecule has 0 aromatic heterocycles. The molecular weight excluding hydrogens is 250 g/mol. The van der Waals surface area contributed by atoms with Gasteiger partial charge in [-0.25, -0.2) is 8.42 Å². The van der Waals surface area contributed by atoms with E-state index in [1.807, 2.05) is 32.0 Å². The minimum Gasteiger partial charge on any atom is -0.326 e. The van der Waals surface area contributed by atoms with Crippen molar-refractivity contribution in [2.75, 3.05) is 16.8 Å². The second-order valence-corrected chi connectivity index (χ2v) is 7.14. The fourth-order valence-corrected chi connectivity index (χ4v) is 3.93. The number of benzene rings is 1. The maximum absolute atomic E-state index is 12.0. The van der Waals surface area contributed by atoms with Crippen LogP contribution in [0.25, 0.3) is 0 Å². The largest absolute Gasteiger partial charge is 0.326 e. The average Bonchev–Trinajstić information content (AvgIpc) is 2.63. The van der Waals surface area contributed by atoms with E-state index in [9.17, 15) is 13.2 Å². The number of anilines is 1. The van der Waals surface area contributed by atoms with Gasteiger partial charge >= 0.3 is 0 Å². The number of amides is 1. The zero-order chi connectivity index (χ0) is 13.3. The molecule has 0 bridgehead atoms. The van der Waals surface area contributed by atoms with Gasteiger partial charge in [0, 0.05) is 5.69 Å². The number of carbonyl (C=O) groups is 1. The first-order chi connectivity index (χ1) is 8.37. The van der Waals surface area contributed by atoms with E-state index < -0.39 is 15.8 Å². The van der Waals surface area contributed by atoms with Gasteiger partial charge in [0.2, 0.25) is 5.91 Å². The van der Waals surface area contributed by atoms with Gasteiger partial charge in [-0.1, -0.05) is 17.7 Å². The van der Waals surface area contributed by atoms with Crippen molar-refractivity contribution in [1.82, 2.24) is 0 Å². The molecule has 1 N–H and O–H groups in total. The summed E-state index contributed by atoms with van der Waals surface area (Å²) in [4.78, 5) is 12.0. The molecule has 1 amide bonds. The molecule has 1 aliphatic rings. The predicted molar refractivity (Wildman–Crippen MR) is 71.3 cm³/mol. The number of nitrogens with one attached hydrogen (secondary N) is 1. The second-order valence-electron chi connectivity index (χ2n) is 4.91. The van der Waals surface area contributed by atoms with Gasteiger partial charge in [-0.2, -0.15) is 0 Å². The van der Waals surface area contributed by atoms with Crippen LogP contribution in [0.1, 0.15) is 17.5 Å². The summed E-state index contributed by atoms with van der Waals surface area (Å²) in [6.07, 6.45) is 0.430. The number of hydrogen-bond acceptors (Lipinski definition) is 3. The number of aryl methyl sites for hydroxylation is 2. The fraction of sp³-hybridized carbons (Fsp3) is 0.462. The van der Waals surface area contributed by atoms with Crippen LogP contribution in [0.4, 0.5) is 5.69 Å². The Bertz CT molecular complexity index is 578. The van der Waals surface area contributed by atoms with E-state index in [2.05, 4.69) is 5.32 Å². The smallest absolute Gasteiger partial charge is 0.228 e. The first-order valence-electron chi connectivity index (χ1n) is 5.96. The topological polar surface area (TPSA) is 63.2 Å². The van der Waals surface area contributed by atoms with E-state index in [1.54, 1.807) is 0 Å². The SMILES string of the molecule is Cc1ccc(NC(=O)C2CCS(=O)(=O)C2)c(C)c1. The van der Waals surface area contributed by atoms with Crippen molar-refractivity contribution in [2.24, 2.45) is 5.92 Å². The van der Waals surface area contributed by atoms with Gasteiger partial charge in [0.15, 0.2) is 9.84 Å². The summed E-state index contributed by atoms with van der Waals surface area (Å²) in [5.41, 5.74) is 2.88. The Kier molecular flexibility index (Phi) is 3.43. The van der Waals surface area contributed by atoms with Crippen LogP contribution in [0.5, 0.6) is 0 Å². The summed E-state index contributed by atoms with van der Waals surface area (Å²) < 4.78 is 22.7. The van der Waals surface area contributed by atoms with E-state index in [0.29, 0.717) is 6.42 Å². The normalized spacial score (nSPS) is 21.8. The minimum absolute atomic E-state index is 0.0241. The standard InChI is InChI=1S/C13H17NO3S/c1-9-3-4-12(10(2)7-9)14-13(15)11-5-6-18(16,17)8-11/h3-4,7,11H,5-6,8H2,1-2H3,(H,14,15). The molecule has 1 aromatic rings. The summed E-state index contributed by atoms with van der Waals surface area (Å²) in [7, 11) is -3.01. The van der Waals surface area contributed by atoms with Gasteiger partial charge in [-0.05, 0) is 31.9 Å². The minimum atomic E-state index is -3.01. The molecule has 1 aliphatic heterocycles. The third kappa shape index (κ3) is 2.90. The predicted octanol–water partition coefficient (Wildman–Crippen LogP) is 1.68. The Morgan fingerprint density at radius 2 is 2.06 bits per heavy atom. The van der Waals surface area contributed by atoms with Crippen molar-refractivity contribution in [3.05, 3.63) is 29.3 Å². The van der Waals surface area contributed by atoms with Crippen LogP contribution < -0.4 is 5.32 Å². The summed E-state index contributed by atoms with van der Waals surface area (Å²) >= 11 is 0. The van der Waals surface area contributed by atoms with E-state index in [0.717, 1.165) is 16.8 Å². The Balaban J connectivity index is 2.08. The maximum atomic E-state index is 12.0. The zero-order valence-electron chi connectivity index (χ0n) is 10.6. The highest BCUT2D eigenvalue weighted by molar-refractivity contribution is 7.91. The van der Waals surface area contributed by atoms with Crippen molar-refractivity contribution in [3.8, 4) is 0 Å². The number of carbonyl (C=O) groups excluding carboxylic acids is 1. The molecule has 0 aliphatic carbocycles. The molecule has 0 radical (unpaired) electrons. The molecule has 1 unspecified atom stereocenters. The number of hydrogen-bond donors (Lipinski definition) is 1. The van der Waals surface area contributed by atoms with Gasteiger partial charge < -0.3 is 5.32 Å². The van der Waals surface area contributed by atoms with Crippen LogP contribution in [0.3, 0.4) is 0 Å². The Morgan fingerprint density at radius 3 is 2.61 bits per heavy atom. The van der Waals surface area contributed by atoms with Crippen molar-refractivity contribution in [1.29, 1.82) is 0 Å². The summed E-state index contributed by atoms with van der Waals surface area (Å²) in [5.74, 6) is -0.499. The van der Waals surface area contributed by atoms with Crippen LogP contribution in [0, 0.1) is 19.8 Å². The number of rotatable bonds is 2. The average molecular weight is 267 g/mol. The first-order valence-corrected chi connectivity index (χ1v) is 7.78. The van der Waals surface area contributed by atoms with Gasteiger partial charge in [0.25, 0.3) is 0 Å². The highest BCUT2D eigenvalue weighted by Gasteiger charge is 2.32.